The minimum Gasteiger partial charge on any atom is -0.476 e. The summed E-state index contributed by atoms with van der Waals surface area (Å²) < 4.78 is 17.6. The number of aliphatic hydroxyl groups is 1. The lowest BCUT2D eigenvalue weighted by Gasteiger charge is -2.30. The highest BCUT2D eigenvalue weighted by atomic mass is 32.1. The van der Waals surface area contributed by atoms with Crippen molar-refractivity contribution in [2.75, 3.05) is 50.0 Å². The second kappa shape index (κ2) is 21.0. The molecule has 7 heterocycles. The Morgan fingerprint density at radius 1 is 1.09 bits per heavy atom. The third-order valence-electron chi connectivity index (χ3n) is 13.9. The summed E-state index contributed by atoms with van der Waals surface area (Å²) in [5.41, 5.74) is 12.4. The zero-order chi connectivity index (χ0) is 49.1. The number of hydrogen-bond acceptors (Lipinski definition) is 18. The number of carbonyl (C=O) groups excluding carboxylic acids is 2. The number of anilines is 2. The largest absolute Gasteiger partial charge is 0.476 e. The van der Waals surface area contributed by atoms with Crippen LogP contribution in [0.5, 0.6) is 5.88 Å². The third-order valence-corrected chi connectivity index (χ3v) is 15.9. The first-order chi connectivity index (χ1) is 33.8. The van der Waals surface area contributed by atoms with E-state index in [9.17, 15) is 20.0 Å². The number of benzene rings is 1. The number of nitriles is 1. The number of nitrogens with zero attached hydrogens (tertiary/aromatic N) is 10. The van der Waals surface area contributed by atoms with Gasteiger partial charge in [-0.15, -0.1) is 22.7 Å². The van der Waals surface area contributed by atoms with Gasteiger partial charge in [0.25, 0.3) is 5.88 Å². The summed E-state index contributed by atoms with van der Waals surface area (Å²) in [7, 11) is 0. The maximum absolute atomic E-state index is 14.2. The number of aliphatic hydroxyl groups excluding tert-OH is 1. The number of thiophene rings is 1. The Labute approximate surface area is 415 Å². The van der Waals surface area contributed by atoms with Crippen LogP contribution in [0.4, 0.5) is 10.9 Å². The zero-order valence-corrected chi connectivity index (χ0v) is 41.9. The molecule has 2 aliphatic heterocycles. The van der Waals surface area contributed by atoms with Crippen LogP contribution in [-0.4, -0.2) is 114 Å². The monoisotopic (exact) mass is 988 g/mol. The van der Waals surface area contributed by atoms with Gasteiger partial charge in [0, 0.05) is 61.3 Å². The Morgan fingerprint density at radius 3 is 2.69 bits per heavy atom. The van der Waals surface area contributed by atoms with Gasteiger partial charge in [-0.1, -0.05) is 43.3 Å². The van der Waals surface area contributed by atoms with E-state index in [4.69, 9.17) is 29.5 Å². The number of nitrogens with two attached hydrogens (primary N) is 1. The minimum absolute atomic E-state index is 0.0540. The highest BCUT2D eigenvalue weighted by Gasteiger charge is 2.45. The number of thiazole rings is 1. The average molecular weight is 989 g/mol. The fourth-order valence-electron chi connectivity index (χ4n) is 10.2. The number of amides is 2. The van der Waals surface area contributed by atoms with E-state index in [2.05, 4.69) is 55.3 Å². The molecule has 20 heteroatoms. The molecule has 0 spiro atoms. The quantitative estimate of drug-likeness (QED) is 0.0838. The fourth-order valence-corrected chi connectivity index (χ4v) is 12.2. The molecule has 9 rings (SSSR count). The Hall–Kier alpha value is -6.27. The van der Waals surface area contributed by atoms with Crippen molar-refractivity contribution >= 4 is 45.4 Å². The fraction of sp³-hybridized carbons (Fsp3) is 0.500. The Bertz CT molecular complexity index is 2830. The van der Waals surface area contributed by atoms with Gasteiger partial charge in [-0.2, -0.15) is 10.2 Å². The van der Waals surface area contributed by atoms with Gasteiger partial charge in [0.05, 0.1) is 39.8 Å². The molecule has 1 aromatic carbocycles. The van der Waals surface area contributed by atoms with Crippen LogP contribution < -0.4 is 20.7 Å². The Balaban J connectivity index is 0.744. The molecule has 2 fully saturated rings. The Morgan fingerprint density at radius 2 is 1.91 bits per heavy atom. The molecule has 70 heavy (non-hydrogen) atoms. The van der Waals surface area contributed by atoms with Crippen LogP contribution in [0.25, 0.3) is 22.0 Å². The lowest BCUT2D eigenvalue weighted by molar-refractivity contribution is -0.141. The van der Waals surface area contributed by atoms with Crippen LogP contribution in [0, 0.1) is 24.2 Å². The SMILES string of the molecule is Cc1ncsc1-c1ccc(CNC(=O)[C@@H]2C[C@@H](O)CN2C(=O)C(c2cc(OCCCCN3CCCN(c4nccc(-c5noc([C@@]6(C)CCCc7sc(N)c(C#N)c76)n5)n4)[C@@H](C)C3)no2)C(C)C)cc1. The predicted molar refractivity (Wildman–Crippen MR) is 265 cm³/mol. The summed E-state index contributed by atoms with van der Waals surface area (Å²) in [6, 6.07) is 13.1. The molecule has 2 amide bonds. The molecule has 5 aromatic heterocycles. The molecule has 2 saturated heterocycles. The van der Waals surface area contributed by atoms with E-state index in [0.717, 1.165) is 96.8 Å². The first-order valence-electron chi connectivity index (χ1n) is 24.1. The second-order valence-corrected chi connectivity index (χ2v) is 21.2. The van der Waals surface area contributed by atoms with Crippen LogP contribution in [0.1, 0.15) is 111 Å². The lowest BCUT2D eigenvalue weighted by atomic mass is 9.72. The lowest BCUT2D eigenvalue weighted by Crippen LogP contribution is -2.48. The summed E-state index contributed by atoms with van der Waals surface area (Å²) in [4.78, 5) is 54.8. The molecule has 1 aliphatic carbocycles. The van der Waals surface area contributed by atoms with Crippen molar-refractivity contribution in [1.82, 2.24) is 45.4 Å². The predicted octanol–water partition coefficient (Wildman–Crippen LogP) is 6.88. The van der Waals surface area contributed by atoms with Crippen molar-refractivity contribution in [3.63, 3.8) is 0 Å². The van der Waals surface area contributed by atoms with Gasteiger partial charge in [-0.3, -0.25) is 9.59 Å². The summed E-state index contributed by atoms with van der Waals surface area (Å²) in [6.07, 6.45) is 6.28. The summed E-state index contributed by atoms with van der Waals surface area (Å²) >= 11 is 3.06. The number of rotatable bonds is 16. The average Bonchev–Trinajstić information content (AvgIpc) is 4.21. The van der Waals surface area contributed by atoms with Gasteiger partial charge >= 0.3 is 0 Å². The molecule has 5 atom stereocenters. The number of unbranched alkanes of at least 4 members (excludes halogenated alkanes) is 1. The summed E-state index contributed by atoms with van der Waals surface area (Å²) in [5, 5.41) is 32.6. The molecule has 4 N–H and O–H groups in total. The number of hydrogen-bond donors (Lipinski definition) is 3. The summed E-state index contributed by atoms with van der Waals surface area (Å²) in [6.45, 7) is 14.3. The molecule has 18 nitrogen and oxygen atoms in total. The van der Waals surface area contributed by atoms with Gasteiger partial charge in [0.2, 0.25) is 29.5 Å². The van der Waals surface area contributed by atoms with E-state index in [1.54, 1.807) is 29.7 Å². The van der Waals surface area contributed by atoms with Crippen LogP contribution in [0.3, 0.4) is 0 Å². The van der Waals surface area contributed by atoms with E-state index < -0.39 is 23.5 Å². The van der Waals surface area contributed by atoms with Crippen LogP contribution in [-0.2, 0) is 28.0 Å². The van der Waals surface area contributed by atoms with Gasteiger partial charge in [-0.25, -0.2) is 15.0 Å². The third kappa shape index (κ3) is 10.2. The number of nitrogens with one attached hydrogen (secondary N) is 1. The number of likely N-dealkylation sites (tertiary alicyclic amines) is 1. The molecule has 0 saturated carbocycles. The molecule has 1 unspecified atom stereocenters. The molecule has 3 aliphatic rings. The van der Waals surface area contributed by atoms with Crippen LogP contribution in [0.15, 0.2) is 57.2 Å². The second-order valence-electron chi connectivity index (χ2n) is 19.2. The van der Waals surface area contributed by atoms with Crippen molar-refractivity contribution in [3.8, 4) is 33.9 Å². The molecule has 6 aromatic rings. The number of carbonyl (C=O) groups is 2. The first kappa shape index (κ1) is 48.7. The van der Waals surface area contributed by atoms with E-state index in [0.29, 0.717) is 58.7 Å². The number of β-amino-alcohol motifs (C(OH)–C–C–N with tert-alkyl or cyclic N) is 1. The van der Waals surface area contributed by atoms with E-state index in [-0.39, 0.29) is 36.7 Å². The number of ether oxygens (including phenoxy) is 1. The maximum atomic E-state index is 14.2. The van der Waals surface area contributed by atoms with Crippen LogP contribution >= 0.6 is 22.7 Å². The number of aryl methyl sites for hydroxylation is 2. The highest BCUT2D eigenvalue weighted by Crippen LogP contribution is 2.48. The van der Waals surface area contributed by atoms with E-state index in [1.165, 1.54) is 16.2 Å². The van der Waals surface area contributed by atoms with E-state index in [1.807, 2.05) is 50.5 Å². The summed E-state index contributed by atoms with van der Waals surface area (Å²) in [5.74, 6) is 0.601. The van der Waals surface area contributed by atoms with Crippen LogP contribution in [0.2, 0.25) is 0 Å². The number of aromatic nitrogens is 6. The van der Waals surface area contributed by atoms with Crippen molar-refractivity contribution in [2.45, 2.75) is 116 Å². The number of nitrogen functional groups attached to an aromatic ring is 1. The molecular formula is C50H60N12O6S2. The standard InChI is InChI=1S/C50H60N12O6S2/c1-29(2)41(47(65)62-27-34(63)22-37(62)46(64)54-25-32-11-13-33(14-12-32)43-31(4)55-28-69-43)38-23-40(58-67-38)66-21-7-6-18-60-19-9-20-61(30(3)26-60)49-53-17-15-36(56-49)45-57-48(68-59-45)50(5)16-8-10-39-42(50)35(24-51)44(52)70-39/h11-15,17,23,28-30,34,37,41,63H,6-10,16,18-22,25-27,52H2,1-5H3,(H,54,64)/t30-,34+,37-,41?,50-/m0/s1. The van der Waals surface area contributed by atoms with Gasteiger partial charge in [-0.05, 0) is 101 Å². The first-order valence-corrected chi connectivity index (χ1v) is 25.8. The normalized spacial score (nSPS) is 21.1. The van der Waals surface area contributed by atoms with Crippen molar-refractivity contribution in [3.05, 3.63) is 87.0 Å². The van der Waals surface area contributed by atoms with E-state index >= 15 is 0 Å². The molecule has 0 radical (unpaired) electrons. The Kier molecular flexibility index (Phi) is 14.6. The van der Waals surface area contributed by atoms with Gasteiger partial charge < -0.3 is 44.6 Å². The van der Waals surface area contributed by atoms with Crippen molar-refractivity contribution < 1.29 is 28.5 Å². The molecule has 368 valence electrons. The highest BCUT2D eigenvalue weighted by molar-refractivity contribution is 7.16. The van der Waals surface area contributed by atoms with Crippen molar-refractivity contribution in [2.24, 2.45) is 5.92 Å². The van der Waals surface area contributed by atoms with Gasteiger partial charge in [0.1, 0.15) is 28.7 Å². The maximum Gasteiger partial charge on any atom is 0.254 e. The molecule has 0 bridgehead atoms. The van der Waals surface area contributed by atoms with Crippen molar-refractivity contribution in [1.29, 1.82) is 5.26 Å². The van der Waals surface area contributed by atoms with Gasteiger partial charge in [0.15, 0.2) is 5.76 Å². The smallest absolute Gasteiger partial charge is 0.254 e. The zero-order valence-electron chi connectivity index (χ0n) is 40.3. The minimum atomic E-state index is -0.821. The number of fused-ring (bicyclic) bond motifs is 1. The molecular weight excluding hydrogens is 929 g/mol. The topological polar surface area (TPSA) is 239 Å².